The lowest BCUT2D eigenvalue weighted by atomic mass is 10.2. The summed E-state index contributed by atoms with van der Waals surface area (Å²) in [6.07, 6.45) is 2.09. The van der Waals surface area contributed by atoms with Gasteiger partial charge in [-0.2, -0.15) is 4.99 Å². The normalized spacial score (nSPS) is 12.7. The number of isocyanates is 1. The van der Waals surface area contributed by atoms with E-state index in [-0.39, 0.29) is 5.76 Å². The van der Waals surface area contributed by atoms with Gasteiger partial charge in [0.2, 0.25) is 11.8 Å². The molecule has 98 valence electrons. The van der Waals surface area contributed by atoms with Crippen LogP contribution in [0.15, 0.2) is 21.5 Å². The standard InChI is InChI=1S/C13H17NO4/c1-5-9(14-8-15)10-6-7-11(17-10)12(16)18-13(2,3)4/h6-7,9H,5H2,1-4H3/t9-/m1/s1. The molecule has 0 aliphatic heterocycles. The number of furan rings is 1. The minimum atomic E-state index is -0.574. The number of esters is 1. The molecule has 0 unspecified atom stereocenters. The second-order valence-corrected chi connectivity index (χ2v) is 4.85. The predicted molar refractivity (Wildman–Crippen MR) is 65.0 cm³/mol. The lowest BCUT2D eigenvalue weighted by molar-refractivity contribution is 0.00339. The second-order valence-electron chi connectivity index (χ2n) is 4.85. The molecule has 1 rings (SSSR count). The Morgan fingerprint density at radius 2 is 2.17 bits per heavy atom. The van der Waals surface area contributed by atoms with Gasteiger partial charge in [0, 0.05) is 0 Å². The van der Waals surface area contributed by atoms with E-state index in [0.717, 1.165) is 0 Å². The van der Waals surface area contributed by atoms with E-state index in [9.17, 15) is 9.59 Å². The Morgan fingerprint density at radius 3 is 2.67 bits per heavy atom. The van der Waals surface area contributed by atoms with Gasteiger partial charge in [0.1, 0.15) is 17.4 Å². The average Bonchev–Trinajstić information content (AvgIpc) is 2.72. The van der Waals surface area contributed by atoms with E-state index in [4.69, 9.17) is 9.15 Å². The lowest BCUT2D eigenvalue weighted by Crippen LogP contribution is -2.23. The van der Waals surface area contributed by atoms with E-state index >= 15 is 0 Å². The van der Waals surface area contributed by atoms with Crippen LogP contribution in [0.2, 0.25) is 0 Å². The minimum absolute atomic E-state index is 0.111. The van der Waals surface area contributed by atoms with Crippen molar-refractivity contribution >= 4 is 12.0 Å². The van der Waals surface area contributed by atoms with E-state index < -0.39 is 17.6 Å². The number of nitrogens with zero attached hydrogens (tertiary/aromatic N) is 1. The molecule has 0 saturated carbocycles. The molecule has 1 atom stereocenters. The molecule has 0 aliphatic carbocycles. The van der Waals surface area contributed by atoms with E-state index in [1.165, 1.54) is 12.1 Å². The van der Waals surface area contributed by atoms with Crippen LogP contribution < -0.4 is 0 Å². The summed E-state index contributed by atoms with van der Waals surface area (Å²) in [7, 11) is 0. The summed E-state index contributed by atoms with van der Waals surface area (Å²) in [4.78, 5) is 25.6. The zero-order valence-electron chi connectivity index (χ0n) is 11.0. The summed E-state index contributed by atoms with van der Waals surface area (Å²) >= 11 is 0. The van der Waals surface area contributed by atoms with Gasteiger partial charge in [-0.3, -0.25) is 0 Å². The monoisotopic (exact) mass is 251 g/mol. The van der Waals surface area contributed by atoms with Crippen molar-refractivity contribution in [3.8, 4) is 0 Å². The average molecular weight is 251 g/mol. The molecule has 0 amide bonds. The van der Waals surface area contributed by atoms with Crippen molar-refractivity contribution in [2.24, 2.45) is 4.99 Å². The number of carbonyl (C=O) groups is 1. The largest absolute Gasteiger partial charge is 0.454 e. The Morgan fingerprint density at radius 1 is 1.50 bits per heavy atom. The molecule has 1 heterocycles. The Labute approximate surface area is 106 Å². The summed E-state index contributed by atoms with van der Waals surface area (Å²) in [6.45, 7) is 7.20. The SMILES string of the molecule is CC[C@@H](N=C=O)c1ccc(C(=O)OC(C)(C)C)o1. The van der Waals surface area contributed by atoms with E-state index in [1.54, 1.807) is 26.8 Å². The maximum atomic E-state index is 11.7. The van der Waals surface area contributed by atoms with Crippen LogP contribution in [0, 0.1) is 0 Å². The number of hydrogen-bond donors (Lipinski definition) is 0. The zero-order valence-corrected chi connectivity index (χ0v) is 11.0. The molecular weight excluding hydrogens is 234 g/mol. The van der Waals surface area contributed by atoms with Crippen molar-refractivity contribution in [2.75, 3.05) is 0 Å². The molecule has 0 N–H and O–H groups in total. The molecule has 1 aromatic rings. The maximum Gasteiger partial charge on any atom is 0.374 e. The van der Waals surface area contributed by atoms with E-state index in [1.807, 2.05) is 6.92 Å². The first kappa shape index (κ1) is 14.2. The van der Waals surface area contributed by atoms with Crippen LogP contribution >= 0.6 is 0 Å². The molecule has 5 nitrogen and oxygen atoms in total. The van der Waals surface area contributed by atoms with Crippen molar-refractivity contribution < 1.29 is 18.7 Å². The van der Waals surface area contributed by atoms with Gasteiger partial charge in [0.05, 0.1) is 0 Å². The fourth-order valence-electron chi connectivity index (χ4n) is 1.39. The summed E-state index contributed by atoms with van der Waals surface area (Å²) in [5.74, 6) is 0.0415. The minimum Gasteiger partial charge on any atom is -0.454 e. The smallest absolute Gasteiger partial charge is 0.374 e. The molecule has 0 spiro atoms. The van der Waals surface area contributed by atoms with Gasteiger partial charge in [0.25, 0.3) is 0 Å². The number of aliphatic imine (C=N–C) groups is 1. The molecular formula is C13H17NO4. The topological polar surface area (TPSA) is 68.9 Å². The molecule has 0 bridgehead atoms. The van der Waals surface area contributed by atoms with Crippen molar-refractivity contribution in [3.05, 3.63) is 23.7 Å². The summed E-state index contributed by atoms with van der Waals surface area (Å²) in [5.41, 5.74) is -0.574. The Hall–Kier alpha value is -1.87. The van der Waals surface area contributed by atoms with E-state index in [0.29, 0.717) is 12.2 Å². The highest BCUT2D eigenvalue weighted by atomic mass is 16.6. The Kier molecular flexibility index (Phi) is 4.45. The highest BCUT2D eigenvalue weighted by molar-refractivity contribution is 5.86. The van der Waals surface area contributed by atoms with Gasteiger partial charge in [-0.15, -0.1) is 0 Å². The van der Waals surface area contributed by atoms with Crippen molar-refractivity contribution in [2.45, 2.75) is 45.8 Å². The highest BCUT2D eigenvalue weighted by Crippen LogP contribution is 2.24. The van der Waals surface area contributed by atoms with Crippen molar-refractivity contribution in [3.63, 3.8) is 0 Å². The quantitative estimate of drug-likeness (QED) is 0.468. The van der Waals surface area contributed by atoms with Gasteiger partial charge in [-0.05, 0) is 39.3 Å². The summed E-state index contributed by atoms with van der Waals surface area (Å²) < 4.78 is 10.5. The third-order valence-corrected chi connectivity index (χ3v) is 2.15. The molecule has 5 heteroatoms. The number of ether oxygens (including phenoxy) is 1. The molecule has 0 radical (unpaired) electrons. The van der Waals surface area contributed by atoms with Crippen LogP contribution in [-0.4, -0.2) is 17.7 Å². The molecule has 1 aromatic heterocycles. The summed E-state index contributed by atoms with van der Waals surface area (Å²) in [6, 6.07) is 2.74. The van der Waals surface area contributed by atoms with Crippen molar-refractivity contribution in [1.29, 1.82) is 0 Å². The van der Waals surface area contributed by atoms with Crippen LogP contribution in [0.5, 0.6) is 0 Å². The van der Waals surface area contributed by atoms with Gasteiger partial charge < -0.3 is 9.15 Å². The maximum absolute atomic E-state index is 11.7. The first-order valence-electron chi connectivity index (χ1n) is 5.77. The highest BCUT2D eigenvalue weighted by Gasteiger charge is 2.22. The first-order valence-corrected chi connectivity index (χ1v) is 5.77. The van der Waals surface area contributed by atoms with Gasteiger partial charge in [-0.25, -0.2) is 9.59 Å². The van der Waals surface area contributed by atoms with Crippen LogP contribution in [0.4, 0.5) is 0 Å². The number of carbonyl (C=O) groups excluding carboxylic acids is 2. The second kappa shape index (κ2) is 5.65. The Balaban J connectivity index is 2.86. The summed E-state index contributed by atoms with van der Waals surface area (Å²) in [5, 5.41) is 0. The molecule has 0 fully saturated rings. The Bertz CT molecular complexity index is 464. The molecule has 0 aliphatic rings. The fraction of sp³-hybridized carbons (Fsp3) is 0.538. The van der Waals surface area contributed by atoms with E-state index in [2.05, 4.69) is 4.99 Å². The number of hydrogen-bond acceptors (Lipinski definition) is 5. The molecule has 18 heavy (non-hydrogen) atoms. The third-order valence-electron chi connectivity index (χ3n) is 2.15. The number of rotatable bonds is 4. The van der Waals surface area contributed by atoms with Crippen LogP contribution in [0.1, 0.15) is 56.5 Å². The van der Waals surface area contributed by atoms with Gasteiger partial charge >= 0.3 is 5.97 Å². The molecule has 0 saturated heterocycles. The van der Waals surface area contributed by atoms with Gasteiger partial charge in [0.15, 0.2) is 0 Å². The zero-order chi connectivity index (χ0) is 13.8. The van der Waals surface area contributed by atoms with Crippen LogP contribution in [0.25, 0.3) is 0 Å². The molecule has 0 aromatic carbocycles. The van der Waals surface area contributed by atoms with Crippen LogP contribution in [-0.2, 0) is 9.53 Å². The fourth-order valence-corrected chi connectivity index (χ4v) is 1.39. The first-order chi connectivity index (χ1) is 8.37. The van der Waals surface area contributed by atoms with Gasteiger partial charge in [-0.1, -0.05) is 6.92 Å². The predicted octanol–water partition coefficient (Wildman–Crippen LogP) is 3.02. The van der Waals surface area contributed by atoms with Crippen molar-refractivity contribution in [1.82, 2.24) is 0 Å². The third kappa shape index (κ3) is 3.86. The lowest BCUT2D eigenvalue weighted by Gasteiger charge is -2.18. The van der Waals surface area contributed by atoms with Crippen LogP contribution in [0.3, 0.4) is 0 Å².